The predicted octanol–water partition coefficient (Wildman–Crippen LogP) is 1.68. The quantitative estimate of drug-likeness (QED) is 0.372. The normalized spacial score (nSPS) is 24.3. The van der Waals surface area contributed by atoms with Crippen molar-refractivity contribution in [2.24, 2.45) is 5.92 Å². The van der Waals surface area contributed by atoms with Crippen molar-refractivity contribution in [1.29, 1.82) is 0 Å². The molecule has 1 N–H and O–H groups in total. The molecule has 0 radical (unpaired) electrons. The highest BCUT2D eigenvalue weighted by atomic mass is 79.9. The number of thiophene rings is 2. The SMILES string of the molecule is O=C(O[C@H]1C[N+]2(Cc3cc(F)ccc3F)CCC1CC2)C(O)(c1cccs1)c1cccs1.[Br-]. The number of carbonyl (C=O) groups excluding carboxylic acids is 1. The molecule has 3 aromatic rings. The fraction of sp³-hybridized carbons (Fsp3) is 0.375. The van der Waals surface area contributed by atoms with E-state index in [1.54, 1.807) is 24.3 Å². The summed E-state index contributed by atoms with van der Waals surface area (Å²) in [4.78, 5) is 14.4. The van der Waals surface area contributed by atoms with Gasteiger partial charge in [0, 0.05) is 24.3 Å². The fourth-order valence-electron chi connectivity index (χ4n) is 5.12. The summed E-state index contributed by atoms with van der Waals surface area (Å²) in [6.45, 7) is 2.59. The largest absolute Gasteiger partial charge is 1.00 e. The molecule has 3 saturated heterocycles. The van der Waals surface area contributed by atoms with Crippen LogP contribution in [0.1, 0.15) is 28.2 Å². The van der Waals surface area contributed by atoms with Gasteiger partial charge in [-0.1, -0.05) is 12.1 Å². The summed E-state index contributed by atoms with van der Waals surface area (Å²) in [5, 5.41) is 15.2. The van der Waals surface area contributed by atoms with Crippen molar-refractivity contribution < 1.29 is 44.9 Å². The van der Waals surface area contributed by atoms with Crippen molar-refractivity contribution in [2.75, 3.05) is 19.6 Å². The Hall–Kier alpha value is -1.65. The van der Waals surface area contributed by atoms with Crippen molar-refractivity contribution in [2.45, 2.75) is 31.1 Å². The molecule has 0 unspecified atom stereocenters. The highest BCUT2D eigenvalue weighted by Gasteiger charge is 2.51. The van der Waals surface area contributed by atoms with Crippen LogP contribution in [0.5, 0.6) is 0 Å². The highest BCUT2D eigenvalue weighted by Crippen LogP contribution is 2.41. The van der Waals surface area contributed by atoms with Gasteiger partial charge >= 0.3 is 5.97 Å². The average Bonchev–Trinajstić information content (AvgIpc) is 3.51. The van der Waals surface area contributed by atoms with Gasteiger partial charge in [0.25, 0.3) is 0 Å². The number of ether oxygens (including phenoxy) is 1. The van der Waals surface area contributed by atoms with E-state index in [-0.39, 0.29) is 29.0 Å². The molecule has 6 rings (SSSR count). The maximum Gasteiger partial charge on any atom is 0.349 e. The monoisotopic (exact) mass is 555 g/mol. The third-order valence-electron chi connectivity index (χ3n) is 6.86. The maximum atomic E-state index is 14.3. The molecule has 5 heterocycles. The molecular weight excluding hydrogens is 532 g/mol. The van der Waals surface area contributed by atoms with E-state index in [9.17, 15) is 18.7 Å². The summed E-state index contributed by atoms with van der Waals surface area (Å²) in [6, 6.07) is 10.6. The molecule has 0 spiro atoms. The van der Waals surface area contributed by atoms with Crippen molar-refractivity contribution in [3.05, 3.63) is 80.2 Å². The minimum Gasteiger partial charge on any atom is -1.00 e. The van der Waals surface area contributed by atoms with Crippen LogP contribution in [0.2, 0.25) is 0 Å². The molecule has 0 amide bonds. The molecule has 2 aromatic heterocycles. The molecule has 176 valence electrons. The molecule has 3 aliphatic heterocycles. The van der Waals surface area contributed by atoms with E-state index in [0.717, 1.165) is 32.0 Å². The Morgan fingerprint density at radius 2 is 1.73 bits per heavy atom. The van der Waals surface area contributed by atoms with Crippen LogP contribution in [0.25, 0.3) is 0 Å². The van der Waals surface area contributed by atoms with Crippen LogP contribution in [0.4, 0.5) is 8.78 Å². The molecular formula is C24H24BrF2NO3S2. The van der Waals surface area contributed by atoms with Gasteiger partial charge in [-0.2, -0.15) is 0 Å². The van der Waals surface area contributed by atoms with Gasteiger partial charge in [-0.05, 0) is 41.1 Å². The topological polar surface area (TPSA) is 46.5 Å². The molecule has 9 heteroatoms. The minimum absolute atomic E-state index is 0. The van der Waals surface area contributed by atoms with Crippen LogP contribution in [0.15, 0.2) is 53.2 Å². The third kappa shape index (κ3) is 4.53. The zero-order valence-corrected chi connectivity index (χ0v) is 21.0. The smallest absolute Gasteiger partial charge is 0.349 e. The average molecular weight is 556 g/mol. The lowest BCUT2D eigenvalue weighted by molar-refractivity contribution is -0.958. The van der Waals surface area contributed by atoms with Crippen molar-refractivity contribution in [1.82, 2.24) is 0 Å². The number of carbonyl (C=O) groups is 1. The van der Waals surface area contributed by atoms with Gasteiger partial charge in [-0.15, -0.1) is 22.7 Å². The fourth-order valence-corrected chi connectivity index (χ4v) is 6.83. The molecule has 33 heavy (non-hydrogen) atoms. The lowest BCUT2D eigenvalue weighted by atomic mass is 9.82. The van der Waals surface area contributed by atoms with Gasteiger partial charge < -0.3 is 31.3 Å². The Morgan fingerprint density at radius 3 is 2.30 bits per heavy atom. The Balaban J connectivity index is 0.00000259. The zero-order valence-electron chi connectivity index (χ0n) is 17.8. The number of piperidine rings is 3. The standard InChI is InChI=1S/C24H24F2NO3S2.BrH/c25-18-5-6-19(26)17(13-18)14-27-9-7-16(8-10-27)20(15-27)30-23(28)24(29,21-3-1-11-31-21)22-4-2-12-32-22;/h1-6,11-13,16,20,29H,7-10,14-15H2;1H/q+1;/p-1/t16?,20-,27?;/m0./s1. The first-order valence-corrected chi connectivity index (χ1v) is 12.5. The van der Waals surface area contributed by atoms with E-state index in [1.165, 1.54) is 34.8 Å². The van der Waals surface area contributed by atoms with E-state index in [0.29, 0.717) is 32.9 Å². The lowest BCUT2D eigenvalue weighted by Crippen LogP contribution is -3.00. The Bertz CT molecular complexity index is 1060. The molecule has 2 bridgehead atoms. The second kappa shape index (κ2) is 9.54. The van der Waals surface area contributed by atoms with Gasteiger partial charge in [0.1, 0.15) is 24.7 Å². The summed E-state index contributed by atoms with van der Waals surface area (Å²) in [7, 11) is 0. The second-order valence-corrected chi connectivity index (χ2v) is 10.7. The highest BCUT2D eigenvalue weighted by molar-refractivity contribution is 7.12. The number of fused-ring (bicyclic) bond motifs is 3. The number of halogens is 3. The maximum absolute atomic E-state index is 14.3. The van der Waals surface area contributed by atoms with E-state index >= 15 is 0 Å². The van der Waals surface area contributed by atoms with Crippen LogP contribution < -0.4 is 17.0 Å². The van der Waals surface area contributed by atoms with Crippen LogP contribution in [-0.2, 0) is 21.7 Å². The summed E-state index contributed by atoms with van der Waals surface area (Å²) < 4.78 is 34.6. The third-order valence-corrected chi connectivity index (χ3v) is 8.82. The number of rotatable bonds is 6. The molecule has 4 nitrogen and oxygen atoms in total. The van der Waals surface area contributed by atoms with Gasteiger partial charge in [0.15, 0.2) is 6.10 Å². The predicted molar refractivity (Wildman–Crippen MR) is 119 cm³/mol. The summed E-state index contributed by atoms with van der Waals surface area (Å²) in [5.41, 5.74) is -1.49. The molecule has 0 aliphatic carbocycles. The summed E-state index contributed by atoms with van der Waals surface area (Å²) in [5.74, 6) is -1.32. The first-order chi connectivity index (χ1) is 15.4. The second-order valence-electron chi connectivity index (χ2n) is 8.81. The lowest BCUT2D eigenvalue weighted by Gasteiger charge is -2.52. The number of aliphatic hydroxyl groups is 1. The van der Waals surface area contributed by atoms with Crippen LogP contribution >= 0.6 is 22.7 Å². The van der Waals surface area contributed by atoms with Crippen molar-refractivity contribution in [3.63, 3.8) is 0 Å². The molecule has 3 aliphatic rings. The van der Waals surface area contributed by atoms with Gasteiger partial charge in [0.05, 0.1) is 22.8 Å². The number of esters is 1. The molecule has 1 atom stereocenters. The number of benzene rings is 1. The van der Waals surface area contributed by atoms with E-state index in [1.807, 2.05) is 10.8 Å². The van der Waals surface area contributed by atoms with Crippen molar-refractivity contribution in [3.8, 4) is 0 Å². The Labute approximate surface area is 209 Å². The van der Waals surface area contributed by atoms with Crippen molar-refractivity contribution >= 4 is 28.6 Å². The number of quaternary nitrogens is 1. The molecule has 0 saturated carbocycles. The first kappa shape index (κ1) is 24.5. The van der Waals surface area contributed by atoms with Gasteiger partial charge in [-0.25, -0.2) is 13.6 Å². The summed E-state index contributed by atoms with van der Waals surface area (Å²) >= 11 is 2.63. The van der Waals surface area contributed by atoms with E-state index in [4.69, 9.17) is 4.74 Å². The molecule has 3 fully saturated rings. The Morgan fingerprint density at radius 1 is 1.09 bits per heavy atom. The minimum atomic E-state index is -1.84. The van der Waals surface area contributed by atoms with Crippen LogP contribution in [0, 0.1) is 17.6 Å². The number of nitrogens with zero attached hydrogens (tertiary/aromatic N) is 1. The van der Waals surface area contributed by atoms with Crippen LogP contribution in [0.3, 0.4) is 0 Å². The molecule has 1 aromatic carbocycles. The van der Waals surface area contributed by atoms with Gasteiger partial charge in [-0.3, -0.25) is 0 Å². The number of hydrogen-bond donors (Lipinski definition) is 1. The van der Waals surface area contributed by atoms with Crippen LogP contribution in [-0.4, -0.2) is 41.3 Å². The first-order valence-electron chi connectivity index (χ1n) is 10.7. The van der Waals surface area contributed by atoms with E-state index < -0.39 is 23.2 Å². The summed E-state index contributed by atoms with van der Waals surface area (Å²) in [6.07, 6.45) is 1.34. The Kier molecular flexibility index (Phi) is 7.08. The van der Waals surface area contributed by atoms with Gasteiger partial charge in [0.2, 0.25) is 5.60 Å². The number of hydrogen-bond acceptors (Lipinski definition) is 5. The van der Waals surface area contributed by atoms with E-state index in [2.05, 4.69) is 0 Å². The zero-order chi connectivity index (χ0) is 22.3.